The van der Waals surface area contributed by atoms with Gasteiger partial charge in [-0.05, 0) is 43.1 Å². The molecule has 0 heterocycles. The van der Waals surface area contributed by atoms with E-state index in [2.05, 4.69) is 39.8 Å². The van der Waals surface area contributed by atoms with Crippen molar-refractivity contribution in [1.82, 2.24) is 0 Å². The van der Waals surface area contributed by atoms with Gasteiger partial charge in [-0.25, -0.2) is 4.79 Å². The molecule has 22 heavy (non-hydrogen) atoms. The van der Waals surface area contributed by atoms with Crippen molar-refractivity contribution in [3.63, 3.8) is 0 Å². The monoisotopic (exact) mass is 302 g/mol. The van der Waals surface area contributed by atoms with E-state index in [0.29, 0.717) is 11.3 Å². The highest BCUT2D eigenvalue weighted by Crippen LogP contribution is 2.44. The maximum absolute atomic E-state index is 10.5. The molecule has 0 aromatic heterocycles. The second kappa shape index (κ2) is 8.17. The van der Waals surface area contributed by atoms with Crippen molar-refractivity contribution in [3.8, 4) is 0 Å². The molecule has 1 N–H and O–H groups in total. The summed E-state index contributed by atoms with van der Waals surface area (Å²) >= 11 is 0. The van der Waals surface area contributed by atoms with Gasteiger partial charge in [0.2, 0.25) is 0 Å². The lowest BCUT2D eigenvalue weighted by molar-refractivity contribution is -0.131. The lowest BCUT2D eigenvalue weighted by Crippen LogP contribution is -2.32. The van der Waals surface area contributed by atoms with Gasteiger partial charge < -0.3 is 5.11 Å². The standard InChI is InChI=1S/C20H30O2/c1-15(8-6-9-16(2)14-19(21)22)11-12-18-17(3)10-7-13-20(18,4)5/h6,8-9,11-12,14,17-18H,7,10,13H2,1-5H3,(H,21,22)/b9-6+,12-11+,15-8+,16-14+/t17-,18+/m0/s1. The van der Waals surface area contributed by atoms with E-state index in [9.17, 15) is 4.79 Å². The molecule has 0 spiro atoms. The van der Waals surface area contributed by atoms with Crippen LogP contribution in [0, 0.1) is 17.3 Å². The van der Waals surface area contributed by atoms with Crippen molar-refractivity contribution < 1.29 is 9.90 Å². The predicted octanol–water partition coefficient (Wildman–Crippen LogP) is 5.54. The number of hydrogen-bond donors (Lipinski definition) is 1. The minimum Gasteiger partial charge on any atom is -0.478 e. The lowest BCUT2D eigenvalue weighted by Gasteiger charge is -2.41. The first-order valence-electron chi connectivity index (χ1n) is 8.17. The molecule has 0 saturated heterocycles. The Morgan fingerprint density at radius 3 is 2.45 bits per heavy atom. The van der Waals surface area contributed by atoms with E-state index in [1.165, 1.54) is 30.9 Å². The van der Waals surface area contributed by atoms with Gasteiger partial charge in [0.05, 0.1) is 0 Å². The van der Waals surface area contributed by atoms with E-state index in [1.54, 1.807) is 6.92 Å². The van der Waals surface area contributed by atoms with Crippen molar-refractivity contribution in [2.75, 3.05) is 0 Å². The molecule has 1 aliphatic rings. The summed E-state index contributed by atoms with van der Waals surface area (Å²) in [5.41, 5.74) is 2.31. The fraction of sp³-hybridized carbons (Fsp3) is 0.550. The SMILES string of the molecule is CC(/C=C/[C@@H]1[C@@H](C)CCCC1(C)C)=C\C=C\C(C)=C\C(=O)O. The molecule has 0 aliphatic heterocycles. The largest absolute Gasteiger partial charge is 0.478 e. The van der Waals surface area contributed by atoms with Crippen molar-refractivity contribution in [2.45, 2.75) is 53.9 Å². The zero-order valence-corrected chi connectivity index (χ0v) is 14.6. The Morgan fingerprint density at radius 2 is 1.86 bits per heavy atom. The van der Waals surface area contributed by atoms with Gasteiger partial charge >= 0.3 is 5.97 Å². The van der Waals surface area contributed by atoms with Crippen LogP contribution in [0.25, 0.3) is 0 Å². The van der Waals surface area contributed by atoms with Crippen LogP contribution in [0.5, 0.6) is 0 Å². The first kappa shape index (κ1) is 18.5. The summed E-state index contributed by atoms with van der Waals surface area (Å²) in [4.78, 5) is 10.5. The quantitative estimate of drug-likeness (QED) is 0.535. The molecular weight excluding hydrogens is 272 g/mol. The fourth-order valence-electron chi connectivity index (χ4n) is 3.35. The van der Waals surface area contributed by atoms with Crippen LogP contribution in [-0.4, -0.2) is 11.1 Å². The summed E-state index contributed by atoms with van der Waals surface area (Å²) in [7, 11) is 0. The molecule has 122 valence electrons. The number of aliphatic carboxylic acids is 1. The highest BCUT2D eigenvalue weighted by atomic mass is 16.4. The summed E-state index contributed by atoms with van der Waals surface area (Å²) in [6.45, 7) is 11.0. The molecule has 0 radical (unpaired) electrons. The van der Waals surface area contributed by atoms with Crippen LogP contribution in [0.4, 0.5) is 0 Å². The molecule has 2 heteroatoms. The van der Waals surface area contributed by atoms with Crippen molar-refractivity contribution in [2.24, 2.45) is 17.3 Å². The molecule has 0 amide bonds. The predicted molar refractivity (Wildman–Crippen MR) is 93.7 cm³/mol. The molecule has 1 aliphatic carbocycles. The Kier molecular flexibility index (Phi) is 6.86. The normalized spacial score (nSPS) is 26.8. The van der Waals surface area contributed by atoms with Gasteiger partial charge in [-0.15, -0.1) is 0 Å². The van der Waals surface area contributed by atoms with Crippen LogP contribution >= 0.6 is 0 Å². The Bertz CT molecular complexity index is 504. The zero-order chi connectivity index (χ0) is 16.8. The van der Waals surface area contributed by atoms with Gasteiger partial charge in [-0.2, -0.15) is 0 Å². The molecule has 2 atom stereocenters. The maximum atomic E-state index is 10.5. The van der Waals surface area contributed by atoms with Crippen molar-refractivity contribution in [1.29, 1.82) is 0 Å². The van der Waals surface area contributed by atoms with Crippen LogP contribution in [0.15, 0.2) is 47.6 Å². The fourth-order valence-corrected chi connectivity index (χ4v) is 3.35. The maximum Gasteiger partial charge on any atom is 0.328 e. The van der Waals surface area contributed by atoms with E-state index in [1.807, 2.05) is 18.2 Å². The molecule has 0 aromatic rings. The van der Waals surface area contributed by atoms with Gasteiger partial charge in [-0.1, -0.05) is 69.6 Å². The van der Waals surface area contributed by atoms with Gasteiger partial charge in [0.25, 0.3) is 0 Å². The molecule has 0 bridgehead atoms. The Hall–Kier alpha value is -1.57. The van der Waals surface area contributed by atoms with E-state index in [0.717, 1.165) is 11.5 Å². The Morgan fingerprint density at radius 1 is 1.18 bits per heavy atom. The molecular formula is C20H30O2. The Balaban J connectivity index is 2.70. The second-order valence-electron chi connectivity index (χ2n) is 7.24. The molecule has 1 saturated carbocycles. The van der Waals surface area contributed by atoms with Crippen molar-refractivity contribution in [3.05, 3.63) is 47.6 Å². The van der Waals surface area contributed by atoms with Crippen LogP contribution in [-0.2, 0) is 4.79 Å². The van der Waals surface area contributed by atoms with Gasteiger partial charge in [0.1, 0.15) is 0 Å². The van der Waals surface area contributed by atoms with Crippen molar-refractivity contribution >= 4 is 5.97 Å². The molecule has 1 fully saturated rings. The Labute approximate surface area is 135 Å². The zero-order valence-electron chi connectivity index (χ0n) is 14.6. The third-order valence-electron chi connectivity index (χ3n) is 4.63. The first-order valence-corrected chi connectivity index (χ1v) is 8.17. The number of carbonyl (C=O) groups is 1. The average Bonchev–Trinajstić information content (AvgIpc) is 2.36. The third-order valence-corrected chi connectivity index (χ3v) is 4.63. The number of carboxylic acid groups (broad SMARTS) is 1. The molecule has 1 rings (SSSR count). The van der Waals surface area contributed by atoms with E-state index < -0.39 is 5.97 Å². The minimum atomic E-state index is -0.906. The van der Waals surface area contributed by atoms with E-state index in [-0.39, 0.29) is 0 Å². The highest BCUT2D eigenvalue weighted by Gasteiger charge is 2.34. The van der Waals surface area contributed by atoms with Gasteiger partial charge in [0, 0.05) is 6.08 Å². The number of carboxylic acids is 1. The van der Waals surface area contributed by atoms with Crippen LogP contribution in [0.1, 0.15) is 53.9 Å². The van der Waals surface area contributed by atoms with Gasteiger partial charge in [-0.3, -0.25) is 0 Å². The van der Waals surface area contributed by atoms with Crippen LogP contribution in [0.3, 0.4) is 0 Å². The average molecular weight is 302 g/mol. The molecule has 2 nitrogen and oxygen atoms in total. The van der Waals surface area contributed by atoms with Crippen LogP contribution < -0.4 is 0 Å². The van der Waals surface area contributed by atoms with E-state index >= 15 is 0 Å². The molecule has 0 unspecified atom stereocenters. The summed E-state index contributed by atoms with van der Waals surface area (Å²) in [5, 5.41) is 8.66. The first-order chi connectivity index (χ1) is 10.2. The summed E-state index contributed by atoms with van der Waals surface area (Å²) in [5.74, 6) is 0.461. The number of rotatable bonds is 5. The second-order valence-corrected chi connectivity index (χ2v) is 7.24. The summed E-state index contributed by atoms with van der Waals surface area (Å²) < 4.78 is 0. The number of hydrogen-bond acceptors (Lipinski definition) is 1. The topological polar surface area (TPSA) is 37.3 Å². The number of allylic oxidation sites excluding steroid dienone is 7. The van der Waals surface area contributed by atoms with Crippen LogP contribution in [0.2, 0.25) is 0 Å². The highest BCUT2D eigenvalue weighted by molar-refractivity contribution is 5.81. The lowest BCUT2D eigenvalue weighted by atomic mass is 9.64. The third kappa shape index (κ3) is 6.05. The molecule has 0 aromatic carbocycles. The summed E-state index contributed by atoms with van der Waals surface area (Å²) in [6, 6.07) is 0. The van der Waals surface area contributed by atoms with Gasteiger partial charge in [0.15, 0.2) is 0 Å². The smallest absolute Gasteiger partial charge is 0.328 e. The summed E-state index contributed by atoms with van der Waals surface area (Å²) in [6.07, 6.45) is 15.5. The van der Waals surface area contributed by atoms with E-state index in [4.69, 9.17) is 5.11 Å². The minimum absolute atomic E-state index is 0.380.